The highest BCUT2D eigenvalue weighted by Gasteiger charge is 2.06. The maximum Gasteiger partial charge on any atom is 0.106 e. The Balaban J connectivity index is 1.93. The average molecular weight is 270 g/mol. The van der Waals surface area contributed by atoms with Crippen molar-refractivity contribution in [1.82, 2.24) is 19.6 Å². The lowest BCUT2D eigenvalue weighted by Gasteiger charge is -2.00. The van der Waals surface area contributed by atoms with Gasteiger partial charge in [-0.1, -0.05) is 10.6 Å². The summed E-state index contributed by atoms with van der Waals surface area (Å²) in [6.07, 6.45) is 1.80. The van der Waals surface area contributed by atoms with Crippen LogP contribution in [-0.4, -0.2) is 19.6 Å². The van der Waals surface area contributed by atoms with Gasteiger partial charge in [0.2, 0.25) is 0 Å². The van der Waals surface area contributed by atoms with Gasteiger partial charge in [0.05, 0.1) is 22.1 Å². The van der Waals surface area contributed by atoms with Gasteiger partial charge in [0, 0.05) is 16.3 Å². The number of nitrogens with zero attached hydrogens (tertiary/aromatic N) is 4. The number of hydrogen-bond donors (Lipinski definition) is 0. The van der Waals surface area contributed by atoms with Gasteiger partial charge in [0.15, 0.2) is 0 Å². The third kappa shape index (κ3) is 1.50. The Morgan fingerprint density at radius 1 is 1.00 bits per heavy atom. The van der Waals surface area contributed by atoms with Crippen LogP contribution in [0.15, 0.2) is 35.2 Å². The average Bonchev–Trinajstić information content (AvgIpc) is 3.05. The minimum Gasteiger partial charge on any atom is -0.251 e. The van der Waals surface area contributed by atoms with Gasteiger partial charge in [-0.25, -0.2) is 4.98 Å². The molecule has 0 spiro atoms. The summed E-state index contributed by atoms with van der Waals surface area (Å²) in [5, 5.41) is 8.09. The Bertz CT molecular complexity index is 777. The molecule has 0 saturated heterocycles. The fourth-order valence-corrected chi connectivity index (χ4v) is 3.05. The van der Waals surface area contributed by atoms with E-state index in [4.69, 9.17) is 0 Å². The summed E-state index contributed by atoms with van der Waals surface area (Å²) in [4.78, 5) is 9.00. The van der Waals surface area contributed by atoms with Crippen molar-refractivity contribution in [2.24, 2.45) is 0 Å². The minimum absolute atomic E-state index is 0.871. The largest absolute Gasteiger partial charge is 0.251 e. The molecule has 0 fully saturated rings. The van der Waals surface area contributed by atoms with Gasteiger partial charge >= 0.3 is 0 Å². The molecule has 4 aromatic rings. The van der Waals surface area contributed by atoms with Crippen LogP contribution in [0.4, 0.5) is 0 Å². The molecular formula is C12H6N4S2. The smallest absolute Gasteiger partial charge is 0.106 e. The molecule has 6 heteroatoms. The summed E-state index contributed by atoms with van der Waals surface area (Å²) in [5.74, 6) is 0. The molecule has 0 radical (unpaired) electrons. The van der Waals surface area contributed by atoms with Crippen molar-refractivity contribution in [2.75, 3.05) is 0 Å². The van der Waals surface area contributed by atoms with E-state index in [-0.39, 0.29) is 0 Å². The molecule has 0 saturated carbocycles. The fourth-order valence-electron chi connectivity index (χ4n) is 1.83. The molecule has 0 aliphatic carbocycles. The monoisotopic (exact) mass is 270 g/mol. The molecule has 86 valence electrons. The van der Waals surface area contributed by atoms with Crippen molar-refractivity contribution in [1.29, 1.82) is 0 Å². The first-order valence-electron chi connectivity index (χ1n) is 5.31. The van der Waals surface area contributed by atoms with E-state index in [9.17, 15) is 0 Å². The van der Waals surface area contributed by atoms with E-state index >= 15 is 0 Å². The van der Waals surface area contributed by atoms with E-state index in [1.165, 1.54) is 11.5 Å². The van der Waals surface area contributed by atoms with Gasteiger partial charge in [-0.05, 0) is 23.7 Å². The number of hydrogen-bond acceptors (Lipinski definition) is 6. The molecular weight excluding hydrogens is 264 g/mol. The zero-order valence-electron chi connectivity index (χ0n) is 9.07. The van der Waals surface area contributed by atoms with Gasteiger partial charge in [0.25, 0.3) is 0 Å². The van der Waals surface area contributed by atoms with Crippen LogP contribution in [0.2, 0.25) is 0 Å². The molecule has 0 atom stereocenters. The third-order valence-corrected chi connectivity index (χ3v) is 4.15. The van der Waals surface area contributed by atoms with Crippen LogP contribution >= 0.6 is 22.9 Å². The highest BCUT2D eigenvalue weighted by molar-refractivity contribution is 7.12. The van der Waals surface area contributed by atoms with Crippen molar-refractivity contribution in [3.8, 4) is 11.3 Å². The first-order chi connectivity index (χ1) is 8.90. The van der Waals surface area contributed by atoms with Crippen LogP contribution in [0.1, 0.15) is 0 Å². The van der Waals surface area contributed by atoms with Gasteiger partial charge in [-0.2, -0.15) is 0 Å². The van der Waals surface area contributed by atoms with Crippen LogP contribution in [0, 0.1) is 0 Å². The summed E-state index contributed by atoms with van der Waals surface area (Å²) in [5.41, 5.74) is 4.69. The van der Waals surface area contributed by atoms with Crippen molar-refractivity contribution in [3.63, 3.8) is 0 Å². The molecule has 0 N–H and O–H groups in total. The van der Waals surface area contributed by atoms with Crippen LogP contribution in [0.25, 0.3) is 32.5 Å². The lowest BCUT2D eigenvalue weighted by molar-refractivity contribution is 1.20. The molecule has 18 heavy (non-hydrogen) atoms. The summed E-state index contributed by atoms with van der Waals surface area (Å²) in [6, 6.07) is 6.06. The highest BCUT2D eigenvalue weighted by atomic mass is 32.1. The number of aromatic nitrogens is 4. The van der Waals surface area contributed by atoms with Crippen molar-refractivity contribution >= 4 is 44.1 Å². The van der Waals surface area contributed by atoms with Gasteiger partial charge in [0.1, 0.15) is 11.0 Å². The summed E-state index contributed by atoms with van der Waals surface area (Å²) in [7, 11) is 0. The molecule has 1 aromatic carbocycles. The topological polar surface area (TPSA) is 51.6 Å². The van der Waals surface area contributed by atoms with Crippen molar-refractivity contribution in [2.45, 2.75) is 0 Å². The minimum atomic E-state index is 0.871. The van der Waals surface area contributed by atoms with Crippen molar-refractivity contribution < 1.29 is 0 Å². The predicted molar refractivity (Wildman–Crippen MR) is 73.8 cm³/mol. The zero-order chi connectivity index (χ0) is 11.9. The van der Waals surface area contributed by atoms with E-state index in [0.29, 0.717) is 0 Å². The second-order valence-electron chi connectivity index (χ2n) is 3.85. The van der Waals surface area contributed by atoms with Crippen LogP contribution in [0.3, 0.4) is 0 Å². The fraction of sp³-hybridized carbons (Fsp3) is 0. The van der Waals surface area contributed by atoms with E-state index in [1.54, 1.807) is 17.5 Å². The quantitative estimate of drug-likeness (QED) is 0.532. The van der Waals surface area contributed by atoms with E-state index in [1.807, 2.05) is 29.0 Å². The zero-order valence-corrected chi connectivity index (χ0v) is 10.7. The highest BCUT2D eigenvalue weighted by Crippen LogP contribution is 2.25. The lowest BCUT2D eigenvalue weighted by atomic mass is 10.1. The first-order valence-corrected chi connectivity index (χ1v) is 7.03. The Morgan fingerprint density at radius 2 is 1.94 bits per heavy atom. The van der Waals surface area contributed by atoms with E-state index in [0.717, 1.165) is 32.5 Å². The molecule has 0 amide bonds. The Labute approximate surface area is 110 Å². The Morgan fingerprint density at radius 3 is 2.94 bits per heavy atom. The molecule has 0 aliphatic heterocycles. The number of benzene rings is 1. The van der Waals surface area contributed by atoms with E-state index in [2.05, 4.69) is 19.6 Å². The maximum atomic E-state index is 4.60. The summed E-state index contributed by atoms with van der Waals surface area (Å²) in [6.45, 7) is 0. The Kier molecular flexibility index (Phi) is 2.12. The van der Waals surface area contributed by atoms with Crippen LogP contribution < -0.4 is 0 Å². The SMILES string of the molecule is c1cc2snnc2cc1-c1cnc2cscc2n1. The molecule has 4 rings (SSSR count). The van der Waals surface area contributed by atoms with Gasteiger partial charge in [-0.3, -0.25) is 4.98 Å². The second kappa shape index (κ2) is 3.79. The molecule has 0 unspecified atom stereocenters. The predicted octanol–water partition coefficient (Wildman–Crippen LogP) is 3.36. The second-order valence-corrected chi connectivity index (χ2v) is 5.38. The maximum absolute atomic E-state index is 4.60. The van der Waals surface area contributed by atoms with Crippen LogP contribution in [-0.2, 0) is 0 Å². The standard InChI is InChI=1S/C12H6N4S2/c1-2-12-8(15-16-18-12)3-7(1)9-4-13-10-5-17-6-11(10)14-9/h1-6H. The van der Waals surface area contributed by atoms with Gasteiger partial charge in [-0.15, -0.1) is 16.4 Å². The lowest BCUT2D eigenvalue weighted by Crippen LogP contribution is -1.86. The van der Waals surface area contributed by atoms with Gasteiger partial charge < -0.3 is 0 Å². The molecule has 4 nitrogen and oxygen atoms in total. The summed E-state index contributed by atoms with van der Waals surface area (Å²) >= 11 is 3.01. The molecule has 3 heterocycles. The number of rotatable bonds is 1. The van der Waals surface area contributed by atoms with Crippen molar-refractivity contribution in [3.05, 3.63) is 35.2 Å². The Hall–Kier alpha value is -1.92. The number of fused-ring (bicyclic) bond motifs is 2. The molecule has 0 bridgehead atoms. The number of thiophene rings is 1. The third-order valence-electron chi connectivity index (χ3n) is 2.73. The van der Waals surface area contributed by atoms with E-state index < -0.39 is 0 Å². The summed E-state index contributed by atoms with van der Waals surface area (Å²) < 4.78 is 5.02. The molecule has 0 aliphatic rings. The van der Waals surface area contributed by atoms with Crippen LogP contribution in [0.5, 0.6) is 0 Å². The normalized spacial score (nSPS) is 11.3. The first kappa shape index (κ1) is 10.0. The molecule has 3 aromatic heterocycles.